The minimum atomic E-state index is -0.225. The topological polar surface area (TPSA) is 63.2 Å². The Labute approximate surface area is 91.9 Å². The molecule has 0 aromatic carbocycles. The first-order chi connectivity index (χ1) is 7.36. The first kappa shape index (κ1) is 10.5. The summed E-state index contributed by atoms with van der Waals surface area (Å²) in [6.07, 6.45) is 0. The van der Waals surface area contributed by atoms with Gasteiger partial charge in [0, 0.05) is 11.9 Å². The van der Waals surface area contributed by atoms with Crippen LogP contribution in [0.1, 0.15) is 5.69 Å². The zero-order valence-corrected chi connectivity index (χ0v) is 9.05. The summed E-state index contributed by atoms with van der Waals surface area (Å²) in [5, 5.41) is 7.83. The summed E-state index contributed by atoms with van der Waals surface area (Å²) in [5.41, 5.74) is 2.65. The first-order valence-corrected chi connectivity index (χ1v) is 5.76. The molecule has 2 heterocycles. The predicted octanol–water partition coefficient (Wildman–Crippen LogP) is -0.252. The van der Waals surface area contributed by atoms with Crippen molar-refractivity contribution in [1.82, 2.24) is 15.6 Å². The van der Waals surface area contributed by atoms with E-state index in [1.807, 2.05) is 5.38 Å². The molecule has 0 saturated carbocycles. The number of hydrogen-bond acceptors (Lipinski definition) is 5. The largest absolute Gasteiger partial charge is 0.378 e. The summed E-state index contributed by atoms with van der Waals surface area (Å²) < 4.78 is 5.20. The highest BCUT2D eigenvalue weighted by Gasteiger charge is 2.20. The highest BCUT2D eigenvalue weighted by atomic mass is 32.1. The van der Waals surface area contributed by atoms with Crippen LogP contribution in [0.15, 0.2) is 10.9 Å². The molecule has 1 fully saturated rings. The van der Waals surface area contributed by atoms with Crippen molar-refractivity contribution in [3.8, 4) is 0 Å². The highest BCUT2D eigenvalue weighted by Crippen LogP contribution is 2.00. The van der Waals surface area contributed by atoms with E-state index in [-0.39, 0.29) is 11.9 Å². The van der Waals surface area contributed by atoms with Crippen LogP contribution in [-0.2, 0) is 16.1 Å². The zero-order chi connectivity index (χ0) is 10.5. The number of rotatable bonds is 3. The van der Waals surface area contributed by atoms with Crippen LogP contribution >= 0.6 is 11.3 Å². The average Bonchev–Trinajstić information content (AvgIpc) is 2.80. The third-order valence-corrected chi connectivity index (χ3v) is 2.80. The molecule has 2 N–H and O–H groups in total. The fraction of sp³-hybridized carbons (Fsp3) is 0.556. The summed E-state index contributed by atoms with van der Waals surface area (Å²) in [5.74, 6) is -0.0253. The van der Waals surface area contributed by atoms with E-state index in [2.05, 4.69) is 15.6 Å². The van der Waals surface area contributed by atoms with Crippen LogP contribution in [0.25, 0.3) is 0 Å². The van der Waals surface area contributed by atoms with Crippen molar-refractivity contribution in [3.63, 3.8) is 0 Å². The molecule has 0 aliphatic carbocycles. The van der Waals surface area contributed by atoms with Gasteiger partial charge in [0.25, 0.3) is 0 Å². The van der Waals surface area contributed by atoms with Gasteiger partial charge in [-0.05, 0) is 0 Å². The maximum absolute atomic E-state index is 11.6. The second-order valence-electron chi connectivity index (χ2n) is 3.28. The summed E-state index contributed by atoms with van der Waals surface area (Å²) in [6.45, 7) is 2.34. The summed E-state index contributed by atoms with van der Waals surface area (Å²) >= 11 is 1.52. The van der Waals surface area contributed by atoms with Crippen LogP contribution in [-0.4, -0.2) is 36.7 Å². The molecule has 1 saturated heterocycles. The molecule has 0 spiro atoms. The molecule has 5 nitrogen and oxygen atoms in total. The number of hydrogen-bond donors (Lipinski definition) is 2. The maximum Gasteiger partial charge on any atom is 0.239 e. The molecule has 1 aromatic rings. The van der Waals surface area contributed by atoms with Crippen molar-refractivity contribution in [2.24, 2.45) is 0 Å². The Kier molecular flexibility index (Phi) is 3.65. The molecule has 1 aromatic heterocycles. The second-order valence-corrected chi connectivity index (χ2v) is 4.00. The van der Waals surface area contributed by atoms with E-state index in [0.717, 1.165) is 12.2 Å². The van der Waals surface area contributed by atoms with Crippen molar-refractivity contribution in [2.75, 3.05) is 19.8 Å². The van der Waals surface area contributed by atoms with Crippen LogP contribution in [0.4, 0.5) is 0 Å². The Morgan fingerprint density at radius 3 is 3.40 bits per heavy atom. The van der Waals surface area contributed by atoms with Gasteiger partial charge in [0.05, 0.1) is 31.0 Å². The van der Waals surface area contributed by atoms with Gasteiger partial charge in [-0.25, -0.2) is 4.98 Å². The predicted molar refractivity (Wildman–Crippen MR) is 56.6 cm³/mol. The number of ether oxygens (including phenoxy) is 1. The number of carbonyl (C=O) groups is 1. The molecule has 15 heavy (non-hydrogen) atoms. The van der Waals surface area contributed by atoms with E-state index in [9.17, 15) is 4.79 Å². The number of amides is 1. The normalized spacial score (nSPS) is 21.2. The molecule has 2 rings (SSSR count). The third kappa shape index (κ3) is 2.98. The number of aromatic nitrogens is 1. The van der Waals surface area contributed by atoms with Gasteiger partial charge in [0.15, 0.2) is 0 Å². The molecule has 6 heteroatoms. The van der Waals surface area contributed by atoms with Gasteiger partial charge >= 0.3 is 0 Å². The molecule has 82 valence electrons. The molecule has 1 atom stereocenters. The molecule has 0 radical (unpaired) electrons. The van der Waals surface area contributed by atoms with Gasteiger partial charge in [0.2, 0.25) is 5.91 Å². The van der Waals surface area contributed by atoms with Crippen LogP contribution in [0.2, 0.25) is 0 Å². The lowest BCUT2D eigenvalue weighted by molar-refractivity contribution is -0.126. The Balaban J connectivity index is 1.76. The van der Waals surface area contributed by atoms with E-state index in [0.29, 0.717) is 19.8 Å². The smallest absolute Gasteiger partial charge is 0.239 e. The minimum Gasteiger partial charge on any atom is -0.378 e. The lowest BCUT2D eigenvalue weighted by Crippen LogP contribution is -2.51. The second kappa shape index (κ2) is 5.20. The summed E-state index contributed by atoms with van der Waals surface area (Å²) in [7, 11) is 0. The maximum atomic E-state index is 11.6. The van der Waals surface area contributed by atoms with Crippen molar-refractivity contribution < 1.29 is 9.53 Å². The zero-order valence-electron chi connectivity index (χ0n) is 8.23. The van der Waals surface area contributed by atoms with Crippen molar-refractivity contribution in [2.45, 2.75) is 12.6 Å². The molecule has 1 amide bonds. The van der Waals surface area contributed by atoms with Crippen LogP contribution in [0.5, 0.6) is 0 Å². The fourth-order valence-electron chi connectivity index (χ4n) is 1.36. The van der Waals surface area contributed by atoms with Gasteiger partial charge in [-0.3, -0.25) is 4.79 Å². The van der Waals surface area contributed by atoms with Gasteiger partial charge in [-0.1, -0.05) is 0 Å². The lowest BCUT2D eigenvalue weighted by Gasteiger charge is -2.22. The quantitative estimate of drug-likeness (QED) is 0.747. The summed E-state index contributed by atoms with van der Waals surface area (Å²) in [4.78, 5) is 15.7. The van der Waals surface area contributed by atoms with Crippen molar-refractivity contribution in [3.05, 3.63) is 16.6 Å². The van der Waals surface area contributed by atoms with Crippen LogP contribution < -0.4 is 10.6 Å². The number of morpholine rings is 1. The van der Waals surface area contributed by atoms with Gasteiger partial charge in [-0.15, -0.1) is 11.3 Å². The molecule has 1 aliphatic heterocycles. The van der Waals surface area contributed by atoms with E-state index < -0.39 is 0 Å². The van der Waals surface area contributed by atoms with Crippen LogP contribution in [0.3, 0.4) is 0 Å². The fourth-order valence-corrected chi connectivity index (χ4v) is 1.92. The SMILES string of the molecule is O=C(NCc1cscn1)C1COCCN1. The number of carbonyl (C=O) groups excluding carboxylic acids is 1. The molecule has 0 bridgehead atoms. The van der Waals surface area contributed by atoms with E-state index in [1.165, 1.54) is 11.3 Å². The monoisotopic (exact) mass is 227 g/mol. The highest BCUT2D eigenvalue weighted by molar-refractivity contribution is 7.07. The Bertz CT molecular complexity index is 309. The number of nitrogens with one attached hydrogen (secondary N) is 2. The van der Waals surface area contributed by atoms with E-state index in [1.54, 1.807) is 5.51 Å². The Hall–Kier alpha value is -0.980. The van der Waals surface area contributed by atoms with E-state index >= 15 is 0 Å². The van der Waals surface area contributed by atoms with Crippen molar-refractivity contribution >= 4 is 17.2 Å². The Morgan fingerprint density at radius 1 is 1.80 bits per heavy atom. The minimum absolute atomic E-state index is 0.0253. The Morgan fingerprint density at radius 2 is 2.73 bits per heavy atom. The average molecular weight is 227 g/mol. The standard InChI is InChI=1S/C9H13N3O2S/c13-9(8-4-14-2-1-10-8)11-3-7-5-15-6-12-7/h5-6,8,10H,1-4H2,(H,11,13). The molecule has 1 unspecified atom stereocenters. The van der Waals surface area contributed by atoms with Crippen LogP contribution in [0, 0.1) is 0 Å². The van der Waals surface area contributed by atoms with E-state index in [4.69, 9.17) is 4.74 Å². The molecular weight excluding hydrogens is 214 g/mol. The van der Waals surface area contributed by atoms with Crippen molar-refractivity contribution in [1.29, 1.82) is 0 Å². The number of nitrogens with zero attached hydrogens (tertiary/aromatic N) is 1. The molecular formula is C9H13N3O2S. The first-order valence-electron chi connectivity index (χ1n) is 4.82. The van der Waals surface area contributed by atoms with Gasteiger partial charge in [0.1, 0.15) is 6.04 Å². The third-order valence-electron chi connectivity index (χ3n) is 2.17. The van der Waals surface area contributed by atoms with Gasteiger partial charge in [-0.2, -0.15) is 0 Å². The molecule has 1 aliphatic rings. The van der Waals surface area contributed by atoms with Gasteiger partial charge < -0.3 is 15.4 Å². The summed E-state index contributed by atoms with van der Waals surface area (Å²) in [6, 6.07) is -0.225. The lowest BCUT2D eigenvalue weighted by atomic mass is 10.2. The number of thiazole rings is 1.